The number of thiocarbonyl (C=S) groups is 1. The summed E-state index contributed by atoms with van der Waals surface area (Å²) >= 11 is 5.25. The highest BCUT2D eigenvalue weighted by Crippen LogP contribution is 2.30. The van der Waals surface area contributed by atoms with Gasteiger partial charge in [0.2, 0.25) is 0 Å². The zero-order chi connectivity index (χ0) is 27.5. The average molecular weight is 544 g/mol. The van der Waals surface area contributed by atoms with Crippen molar-refractivity contribution in [3.8, 4) is 5.75 Å². The van der Waals surface area contributed by atoms with Gasteiger partial charge in [0.05, 0.1) is 17.7 Å². The molecule has 0 saturated carbocycles. The molecule has 38 heavy (non-hydrogen) atoms. The lowest BCUT2D eigenvalue weighted by Gasteiger charge is -2.13. The first-order chi connectivity index (χ1) is 18.2. The van der Waals surface area contributed by atoms with E-state index in [1.165, 1.54) is 24.3 Å². The van der Waals surface area contributed by atoms with Gasteiger partial charge in [-0.05, 0) is 73.2 Å². The van der Waals surface area contributed by atoms with Gasteiger partial charge in [-0.15, -0.1) is 0 Å². The fourth-order valence-electron chi connectivity index (χ4n) is 3.51. The summed E-state index contributed by atoms with van der Waals surface area (Å²) in [6.45, 7) is 2.65. The molecule has 200 valence electrons. The minimum atomic E-state index is -4.51. The molecule has 0 radical (unpaired) electrons. The van der Waals surface area contributed by atoms with Crippen LogP contribution in [-0.2, 0) is 6.18 Å². The molecule has 0 atom stereocenters. The van der Waals surface area contributed by atoms with Crippen LogP contribution >= 0.6 is 12.2 Å². The smallest absolute Gasteiger partial charge is 0.416 e. The molecular weight excluding hydrogens is 515 g/mol. The van der Waals surface area contributed by atoms with Crippen molar-refractivity contribution >= 4 is 40.5 Å². The Balaban J connectivity index is 1.55. The van der Waals surface area contributed by atoms with Crippen molar-refractivity contribution in [2.45, 2.75) is 38.8 Å². The molecule has 0 aromatic heterocycles. The Morgan fingerprint density at radius 2 is 1.58 bits per heavy atom. The normalized spacial score (nSPS) is 10.9. The van der Waals surface area contributed by atoms with Crippen molar-refractivity contribution in [2.75, 3.05) is 17.2 Å². The molecule has 0 unspecified atom stereocenters. The fraction of sp³-hybridized carbons (Fsp3) is 0.250. The molecule has 2 amide bonds. The number of nitrogens with one attached hydrogen (secondary N) is 3. The number of ether oxygens (including phenoxy) is 1. The van der Waals surface area contributed by atoms with Crippen LogP contribution in [0.3, 0.4) is 0 Å². The van der Waals surface area contributed by atoms with E-state index in [-0.39, 0.29) is 16.4 Å². The van der Waals surface area contributed by atoms with Crippen molar-refractivity contribution in [3.05, 3.63) is 89.5 Å². The molecule has 3 rings (SSSR count). The third kappa shape index (κ3) is 8.58. The van der Waals surface area contributed by atoms with Gasteiger partial charge in [-0.25, -0.2) is 0 Å². The molecule has 0 aliphatic heterocycles. The van der Waals surface area contributed by atoms with E-state index in [1.807, 2.05) is 0 Å². The van der Waals surface area contributed by atoms with Crippen LogP contribution in [0, 0.1) is 0 Å². The van der Waals surface area contributed by atoms with Crippen molar-refractivity contribution in [3.63, 3.8) is 0 Å². The highest BCUT2D eigenvalue weighted by atomic mass is 32.1. The summed E-state index contributed by atoms with van der Waals surface area (Å²) in [4.78, 5) is 25.2. The van der Waals surface area contributed by atoms with Crippen LogP contribution in [0.4, 0.5) is 24.5 Å². The maximum atomic E-state index is 12.9. The van der Waals surface area contributed by atoms with Crippen molar-refractivity contribution < 1.29 is 27.5 Å². The van der Waals surface area contributed by atoms with Gasteiger partial charge in [-0.3, -0.25) is 14.9 Å². The lowest BCUT2D eigenvalue weighted by atomic mass is 10.1. The molecule has 0 saturated heterocycles. The van der Waals surface area contributed by atoms with E-state index in [9.17, 15) is 22.8 Å². The van der Waals surface area contributed by atoms with E-state index in [2.05, 4.69) is 22.9 Å². The molecule has 0 aliphatic carbocycles. The van der Waals surface area contributed by atoms with Gasteiger partial charge < -0.3 is 15.4 Å². The Kier molecular flexibility index (Phi) is 10.2. The van der Waals surface area contributed by atoms with Crippen LogP contribution in [0.1, 0.15) is 58.9 Å². The predicted molar refractivity (Wildman–Crippen MR) is 146 cm³/mol. The first-order valence-corrected chi connectivity index (χ1v) is 12.5. The van der Waals surface area contributed by atoms with E-state index in [4.69, 9.17) is 17.0 Å². The zero-order valence-corrected chi connectivity index (χ0v) is 21.5. The molecule has 3 N–H and O–H groups in total. The van der Waals surface area contributed by atoms with Crippen LogP contribution in [-0.4, -0.2) is 23.5 Å². The lowest BCUT2D eigenvalue weighted by molar-refractivity contribution is -0.137. The highest BCUT2D eigenvalue weighted by Gasteiger charge is 2.30. The third-order valence-corrected chi connectivity index (χ3v) is 5.67. The van der Waals surface area contributed by atoms with Crippen LogP contribution in [0.15, 0.2) is 72.8 Å². The molecule has 0 heterocycles. The predicted octanol–water partition coefficient (Wildman–Crippen LogP) is 7.04. The number of unbranched alkanes of at least 4 members (excludes halogenated alkanes) is 3. The number of alkyl halides is 3. The van der Waals surface area contributed by atoms with E-state index in [0.29, 0.717) is 23.6 Å². The monoisotopic (exact) mass is 543 g/mol. The minimum Gasteiger partial charge on any atom is -0.493 e. The van der Waals surface area contributed by atoms with Gasteiger partial charge in [0.1, 0.15) is 5.75 Å². The van der Waals surface area contributed by atoms with E-state index in [0.717, 1.165) is 37.8 Å². The molecular formula is C28H28F3N3O3S. The SMILES string of the molecule is CCCCCCOc1ccccc1C(=O)NC(=S)Nc1ccc(C(=O)Nc2cccc(C(F)(F)F)c2)cc1. The molecule has 0 fully saturated rings. The number of para-hydroxylation sites is 1. The minimum absolute atomic E-state index is 0.0288. The zero-order valence-electron chi connectivity index (χ0n) is 20.7. The van der Waals surface area contributed by atoms with Gasteiger partial charge in [0.15, 0.2) is 5.11 Å². The van der Waals surface area contributed by atoms with Crippen LogP contribution in [0.2, 0.25) is 0 Å². The number of benzene rings is 3. The molecule has 0 aliphatic rings. The van der Waals surface area contributed by atoms with Gasteiger partial charge in [0.25, 0.3) is 11.8 Å². The number of carbonyl (C=O) groups is 2. The maximum Gasteiger partial charge on any atom is 0.416 e. The van der Waals surface area contributed by atoms with E-state index in [1.54, 1.807) is 36.4 Å². The number of hydrogen-bond acceptors (Lipinski definition) is 4. The van der Waals surface area contributed by atoms with Crippen molar-refractivity contribution in [2.24, 2.45) is 0 Å². The van der Waals surface area contributed by atoms with Crippen LogP contribution < -0.4 is 20.7 Å². The molecule has 6 nitrogen and oxygen atoms in total. The second kappa shape index (κ2) is 13.6. The number of halogens is 3. The van der Waals surface area contributed by atoms with E-state index >= 15 is 0 Å². The number of hydrogen-bond donors (Lipinski definition) is 3. The summed E-state index contributed by atoms with van der Waals surface area (Å²) in [7, 11) is 0. The Labute approximate surface area is 224 Å². The fourth-order valence-corrected chi connectivity index (χ4v) is 3.72. The second-order valence-electron chi connectivity index (χ2n) is 8.42. The number of carbonyl (C=O) groups excluding carboxylic acids is 2. The molecule has 0 bridgehead atoms. The van der Waals surface area contributed by atoms with E-state index < -0.39 is 23.6 Å². The van der Waals surface area contributed by atoms with Crippen molar-refractivity contribution in [1.82, 2.24) is 5.32 Å². The summed E-state index contributed by atoms with van der Waals surface area (Å²) < 4.78 is 44.5. The largest absolute Gasteiger partial charge is 0.493 e. The quantitative estimate of drug-likeness (QED) is 0.189. The van der Waals surface area contributed by atoms with Gasteiger partial charge in [-0.2, -0.15) is 13.2 Å². The first-order valence-electron chi connectivity index (χ1n) is 12.1. The number of rotatable bonds is 10. The molecule has 3 aromatic carbocycles. The molecule has 3 aromatic rings. The van der Waals surface area contributed by atoms with Gasteiger partial charge >= 0.3 is 6.18 Å². The van der Waals surface area contributed by atoms with Gasteiger partial charge in [0, 0.05) is 16.9 Å². The standard InChI is InChI=1S/C28H28F3N3O3S/c1-2-3-4-7-17-37-24-12-6-5-11-23(24)26(36)34-27(38)33-21-15-13-19(14-16-21)25(35)32-22-10-8-9-20(18-22)28(29,30)31/h5-6,8-16,18H,2-4,7,17H2,1H3,(H,32,35)(H2,33,34,36,38). The molecule has 10 heteroatoms. The summed E-state index contributed by atoms with van der Waals surface area (Å²) in [6, 6.07) is 17.4. The lowest BCUT2D eigenvalue weighted by Crippen LogP contribution is -2.34. The number of anilines is 2. The summed E-state index contributed by atoms with van der Waals surface area (Å²) in [5.74, 6) is -0.526. The maximum absolute atomic E-state index is 12.9. The second-order valence-corrected chi connectivity index (χ2v) is 8.83. The topological polar surface area (TPSA) is 79.5 Å². The van der Waals surface area contributed by atoms with Crippen LogP contribution in [0.25, 0.3) is 0 Å². The average Bonchev–Trinajstić information content (AvgIpc) is 2.89. The Morgan fingerprint density at radius 1 is 0.842 bits per heavy atom. The summed E-state index contributed by atoms with van der Waals surface area (Å²) in [5, 5.41) is 7.98. The Bertz CT molecular complexity index is 1260. The summed E-state index contributed by atoms with van der Waals surface area (Å²) in [6.07, 6.45) is -0.292. The summed E-state index contributed by atoms with van der Waals surface area (Å²) in [5.41, 5.74) is 0.265. The van der Waals surface area contributed by atoms with Gasteiger partial charge in [-0.1, -0.05) is 44.4 Å². The molecule has 0 spiro atoms. The van der Waals surface area contributed by atoms with Crippen molar-refractivity contribution in [1.29, 1.82) is 0 Å². The first kappa shape index (κ1) is 28.6. The number of amides is 2. The van der Waals surface area contributed by atoms with Crippen LogP contribution in [0.5, 0.6) is 5.75 Å². The highest BCUT2D eigenvalue weighted by molar-refractivity contribution is 7.80. The Hall–Kier alpha value is -3.92. The third-order valence-electron chi connectivity index (χ3n) is 5.47. The Morgan fingerprint density at radius 3 is 2.29 bits per heavy atom.